The summed E-state index contributed by atoms with van der Waals surface area (Å²) in [5.41, 5.74) is 0.549. The lowest BCUT2D eigenvalue weighted by molar-refractivity contribution is 0.561. The van der Waals surface area contributed by atoms with Crippen LogP contribution in [0.4, 0.5) is 5.95 Å². The number of sulfonamides is 1. The first kappa shape index (κ1) is 17.7. The van der Waals surface area contributed by atoms with Gasteiger partial charge in [-0.05, 0) is 18.8 Å². The molecule has 1 atom stereocenters. The van der Waals surface area contributed by atoms with Crippen LogP contribution in [-0.2, 0) is 10.0 Å². The Labute approximate surface area is 136 Å². The molecule has 8 heteroatoms. The summed E-state index contributed by atoms with van der Waals surface area (Å²) in [6, 6.07) is 1.33. The first-order valence-corrected chi connectivity index (χ1v) is 9.43. The summed E-state index contributed by atoms with van der Waals surface area (Å²) in [6.07, 6.45) is 2.70. The highest BCUT2D eigenvalue weighted by atomic mass is 32.2. The predicted molar refractivity (Wildman–Crippen MR) is 91.3 cm³/mol. The van der Waals surface area contributed by atoms with E-state index in [1.807, 2.05) is 18.7 Å². The monoisotopic (exact) mass is 340 g/mol. The molecular weight excluding hydrogens is 316 g/mol. The molecule has 2 heterocycles. The summed E-state index contributed by atoms with van der Waals surface area (Å²) < 4.78 is 26.6. The Morgan fingerprint density at radius 2 is 2.30 bits per heavy atom. The average Bonchev–Trinajstić information content (AvgIpc) is 2.92. The molecule has 1 unspecified atom stereocenters. The number of hydrogen-bond acceptors (Lipinski definition) is 5. The van der Waals surface area contributed by atoms with Crippen LogP contribution in [0.1, 0.15) is 38.3 Å². The van der Waals surface area contributed by atoms with Gasteiger partial charge in [0.1, 0.15) is 0 Å². The molecule has 1 aromatic rings. The fraction of sp³-hybridized carbons (Fsp3) is 0.600. The van der Waals surface area contributed by atoms with Crippen LogP contribution in [0.3, 0.4) is 0 Å². The van der Waals surface area contributed by atoms with E-state index in [-0.39, 0.29) is 23.3 Å². The standard InChI is InChI=1S/C15H24N4O3S/c1-4-5-8-23(21,22)18-12-6-7-19(10-12)15-16-13(11(2)3)9-14(20)17-15/h4,9,11-12,18H,1,5-8,10H2,2-3H3,(H,16,17,20). The molecule has 0 radical (unpaired) electrons. The molecule has 0 amide bonds. The second-order valence-corrected chi connectivity index (χ2v) is 7.97. The third-order valence-electron chi connectivity index (χ3n) is 3.77. The third kappa shape index (κ3) is 4.90. The van der Waals surface area contributed by atoms with Gasteiger partial charge >= 0.3 is 0 Å². The van der Waals surface area contributed by atoms with E-state index in [0.29, 0.717) is 31.9 Å². The van der Waals surface area contributed by atoms with Gasteiger partial charge < -0.3 is 4.90 Å². The molecule has 128 valence electrons. The molecule has 2 rings (SSSR count). The Kier molecular flexibility index (Phi) is 5.59. The maximum Gasteiger partial charge on any atom is 0.252 e. The highest BCUT2D eigenvalue weighted by molar-refractivity contribution is 7.89. The first-order chi connectivity index (χ1) is 10.8. The fourth-order valence-corrected chi connectivity index (χ4v) is 3.80. The molecule has 1 aromatic heterocycles. The average molecular weight is 340 g/mol. The molecule has 7 nitrogen and oxygen atoms in total. The van der Waals surface area contributed by atoms with Crippen LogP contribution in [-0.4, -0.2) is 43.3 Å². The molecule has 1 fully saturated rings. The number of hydrogen-bond donors (Lipinski definition) is 2. The Bertz CT molecular complexity index is 712. The molecular formula is C15H24N4O3S. The zero-order valence-electron chi connectivity index (χ0n) is 13.6. The van der Waals surface area contributed by atoms with E-state index in [1.54, 1.807) is 6.08 Å². The maximum absolute atomic E-state index is 11.9. The minimum Gasteiger partial charge on any atom is -0.341 e. The number of rotatable bonds is 7. The van der Waals surface area contributed by atoms with E-state index < -0.39 is 10.0 Å². The van der Waals surface area contributed by atoms with Gasteiger partial charge in [-0.25, -0.2) is 18.1 Å². The van der Waals surface area contributed by atoms with Crippen molar-refractivity contribution in [2.45, 2.75) is 38.6 Å². The van der Waals surface area contributed by atoms with E-state index in [9.17, 15) is 13.2 Å². The van der Waals surface area contributed by atoms with Gasteiger partial charge in [0.25, 0.3) is 5.56 Å². The van der Waals surface area contributed by atoms with E-state index >= 15 is 0 Å². The van der Waals surface area contributed by atoms with Crippen LogP contribution in [0.25, 0.3) is 0 Å². The van der Waals surface area contributed by atoms with Crippen LogP contribution in [0, 0.1) is 0 Å². The highest BCUT2D eigenvalue weighted by Gasteiger charge is 2.27. The largest absolute Gasteiger partial charge is 0.341 e. The van der Waals surface area contributed by atoms with Crippen LogP contribution in [0.5, 0.6) is 0 Å². The van der Waals surface area contributed by atoms with Crippen molar-refractivity contribution in [2.24, 2.45) is 0 Å². The highest BCUT2D eigenvalue weighted by Crippen LogP contribution is 2.18. The van der Waals surface area contributed by atoms with Crippen molar-refractivity contribution in [1.29, 1.82) is 0 Å². The van der Waals surface area contributed by atoms with E-state index in [1.165, 1.54) is 6.07 Å². The van der Waals surface area contributed by atoms with Crippen molar-refractivity contribution < 1.29 is 8.42 Å². The second-order valence-electron chi connectivity index (χ2n) is 6.09. The lowest BCUT2D eigenvalue weighted by Crippen LogP contribution is -2.38. The van der Waals surface area contributed by atoms with E-state index in [0.717, 1.165) is 5.69 Å². The van der Waals surface area contributed by atoms with Crippen LogP contribution in [0.2, 0.25) is 0 Å². The van der Waals surface area contributed by atoms with Gasteiger partial charge in [-0.15, -0.1) is 6.58 Å². The molecule has 0 aromatic carbocycles. The van der Waals surface area contributed by atoms with Crippen LogP contribution in [0.15, 0.2) is 23.5 Å². The smallest absolute Gasteiger partial charge is 0.252 e. The summed E-state index contributed by atoms with van der Waals surface area (Å²) in [4.78, 5) is 20.9. The molecule has 2 N–H and O–H groups in total. The van der Waals surface area contributed by atoms with Crippen molar-refractivity contribution in [3.05, 3.63) is 34.8 Å². The van der Waals surface area contributed by atoms with Gasteiger partial charge in [0, 0.05) is 25.2 Å². The zero-order chi connectivity index (χ0) is 17.0. The molecule has 1 saturated heterocycles. The normalized spacial score (nSPS) is 18.6. The molecule has 0 aliphatic carbocycles. The van der Waals surface area contributed by atoms with Gasteiger partial charge in [-0.2, -0.15) is 0 Å². The number of allylic oxidation sites excluding steroid dienone is 1. The number of aromatic nitrogens is 2. The van der Waals surface area contributed by atoms with Crippen molar-refractivity contribution in [3.63, 3.8) is 0 Å². The predicted octanol–water partition coefficient (Wildman–Crippen LogP) is 0.968. The van der Waals surface area contributed by atoms with Crippen LogP contribution >= 0.6 is 0 Å². The summed E-state index contributed by atoms with van der Waals surface area (Å²) in [7, 11) is -3.30. The number of nitrogens with one attached hydrogen (secondary N) is 2. The lowest BCUT2D eigenvalue weighted by atomic mass is 10.1. The summed E-state index contributed by atoms with van der Waals surface area (Å²) in [6.45, 7) is 8.64. The summed E-state index contributed by atoms with van der Waals surface area (Å²) >= 11 is 0. The zero-order valence-corrected chi connectivity index (χ0v) is 14.4. The molecule has 0 saturated carbocycles. The Hall–Kier alpha value is -1.67. The molecule has 0 spiro atoms. The third-order valence-corrected chi connectivity index (χ3v) is 5.23. The minimum atomic E-state index is -3.30. The van der Waals surface area contributed by atoms with Crippen molar-refractivity contribution in [2.75, 3.05) is 23.7 Å². The first-order valence-electron chi connectivity index (χ1n) is 7.78. The molecule has 1 aliphatic rings. The number of nitrogens with zero attached hydrogens (tertiary/aromatic N) is 2. The quantitative estimate of drug-likeness (QED) is 0.721. The van der Waals surface area contributed by atoms with E-state index in [2.05, 4.69) is 21.3 Å². The van der Waals surface area contributed by atoms with Crippen molar-refractivity contribution >= 4 is 16.0 Å². The van der Waals surface area contributed by atoms with Crippen LogP contribution < -0.4 is 15.2 Å². The van der Waals surface area contributed by atoms with Gasteiger partial charge in [0.15, 0.2) is 0 Å². The van der Waals surface area contributed by atoms with Crippen molar-refractivity contribution in [1.82, 2.24) is 14.7 Å². The van der Waals surface area contributed by atoms with E-state index in [4.69, 9.17) is 0 Å². The Morgan fingerprint density at radius 3 is 2.96 bits per heavy atom. The Balaban J connectivity index is 2.05. The molecule has 1 aliphatic heterocycles. The number of H-pyrrole nitrogens is 1. The Morgan fingerprint density at radius 1 is 1.57 bits per heavy atom. The molecule has 0 bridgehead atoms. The summed E-state index contributed by atoms with van der Waals surface area (Å²) in [5.74, 6) is 0.714. The summed E-state index contributed by atoms with van der Waals surface area (Å²) in [5, 5.41) is 0. The SMILES string of the molecule is C=CCCS(=O)(=O)NC1CCN(c2nc(C(C)C)cc(=O)[nH]2)C1. The van der Waals surface area contributed by atoms with Gasteiger partial charge in [-0.3, -0.25) is 9.78 Å². The minimum absolute atomic E-state index is 0.0465. The number of anilines is 1. The topological polar surface area (TPSA) is 95.2 Å². The lowest BCUT2D eigenvalue weighted by Gasteiger charge is -2.18. The second kappa shape index (κ2) is 7.27. The molecule has 23 heavy (non-hydrogen) atoms. The number of aromatic amines is 1. The maximum atomic E-state index is 11.9. The van der Waals surface area contributed by atoms with Gasteiger partial charge in [-0.1, -0.05) is 19.9 Å². The fourth-order valence-electron chi connectivity index (χ4n) is 2.51. The van der Waals surface area contributed by atoms with Gasteiger partial charge in [0.2, 0.25) is 16.0 Å². The van der Waals surface area contributed by atoms with Crippen molar-refractivity contribution in [3.8, 4) is 0 Å². The van der Waals surface area contributed by atoms with Gasteiger partial charge in [0.05, 0.1) is 11.4 Å².